The van der Waals surface area contributed by atoms with Gasteiger partial charge in [0.15, 0.2) is 5.69 Å². The standard InChI is InChI=1S/C16H13ClN2O4/c1-8-5-12(20)19(13(21)6-8)14-10-7-9(17)3-4-11(10)18(2)15(14)16(22)23/h3-5,7H,6H2,1-2H3,(H,22,23). The molecule has 0 saturated carbocycles. The summed E-state index contributed by atoms with van der Waals surface area (Å²) in [5.41, 5.74) is 1.16. The first-order valence-electron chi connectivity index (χ1n) is 6.86. The summed E-state index contributed by atoms with van der Waals surface area (Å²) in [6.07, 6.45) is 1.41. The smallest absolute Gasteiger partial charge is 0.354 e. The monoisotopic (exact) mass is 332 g/mol. The number of hydrogen-bond acceptors (Lipinski definition) is 3. The third-order valence-corrected chi connectivity index (χ3v) is 4.07. The Morgan fingerprint density at radius 2 is 2.00 bits per heavy atom. The number of nitrogens with zero attached hydrogens (tertiary/aromatic N) is 2. The fourth-order valence-corrected chi connectivity index (χ4v) is 3.04. The van der Waals surface area contributed by atoms with Gasteiger partial charge in [0.25, 0.3) is 5.91 Å². The Bertz CT molecular complexity index is 910. The van der Waals surface area contributed by atoms with Crippen molar-refractivity contribution >= 4 is 46.0 Å². The molecule has 2 aromatic rings. The Morgan fingerprint density at radius 3 is 2.61 bits per heavy atom. The zero-order valence-electron chi connectivity index (χ0n) is 12.5. The number of carboxylic acid groups (broad SMARTS) is 1. The Kier molecular flexibility index (Phi) is 3.49. The molecule has 0 saturated heterocycles. The maximum Gasteiger partial charge on any atom is 0.354 e. The van der Waals surface area contributed by atoms with Gasteiger partial charge in [0.2, 0.25) is 5.91 Å². The highest BCUT2D eigenvalue weighted by atomic mass is 35.5. The second-order valence-corrected chi connectivity index (χ2v) is 5.89. The predicted octanol–water partition coefficient (Wildman–Crippen LogP) is 2.74. The number of halogens is 1. The van der Waals surface area contributed by atoms with Crippen molar-refractivity contribution in [3.05, 3.63) is 40.6 Å². The molecule has 0 fully saturated rings. The molecular weight excluding hydrogens is 320 g/mol. The molecule has 3 rings (SSSR count). The lowest BCUT2D eigenvalue weighted by atomic mass is 10.1. The van der Waals surface area contributed by atoms with Crippen LogP contribution < -0.4 is 4.90 Å². The van der Waals surface area contributed by atoms with Crippen molar-refractivity contribution < 1.29 is 19.5 Å². The number of aryl methyl sites for hydroxylation is 1. The van der Waals surface area contributed by atoms with E-state index in [9.17, 15) is 19.5 Å². The van der Waals surface area contributed by atoms with Gasteiger partial charge in [0.05, 0.1) is 11.2 Å². The van der Waals surface area contributed by atoms with E-state index in [2.05, 4.69) is 0 Å². The number of carbonyl (C=O) groups excluding carboxylic acids is 2. The number of carbonyl (C=O) groups is 3. The minimum atomic E-state index is -1.22. The van der Waals surface area contributed by atoms with E-state index in [0.717, 1.165) is 4.90 Å². The molecule has 118 valence electrons. The molecule has 1 aromatic heterocycles. The van der Waals surface area contributed by atoms with Crippen molar-refractivity contribution in [1.82, 2.24) is 4.57 Å². The number of benzene rings is 1. The molecule has 0 atom stereocenters. The highest BCUT2D eigenvalue weighted by molar-refractivity contribution is 6.32. The van der Waals surface area contributed by atoms with Gasteiger partial charge in [0, 0.05) is 30.0 Å². The lowest BCUT2D eigenvalue weighted by Crippen LogP contribution is -2.39. The summed E-state index contributed by atoms with van der Waals surface area (Å²) < 4.78 is 1.44. The molecule has 1 N–H and O–H groups in total. The van der Waals surface area contributed by atoms with E-state index in [0.29, 0.717) is 21.5 Å². The van der Waals surface area contributed by atoms with Crippen LogP contribution in [0.15, 0.2) is 29.8 Å². The fourth-order valence-electron chi connectivity index (χ4n) is 2.87. The first-order chi connectivity index (χ1) is 10.8. The van der Waals surface area contributed by atoms with Crippen LogP contribution in [0.5, 0.6) is 0 Å². The SMILES string of the molecule is CC1=CC(=O)N(c2c(C(=O)O)n(C)c3ccc(Cl)cc23)C(=O)C1. The Hall–Kier alpha value is -2.60. The van der Waals surface area contributed by atoms with Crippen LogP contribution in [0.1, 0.15) is 23.8 Å². The molecule has 0 radical (unpaired) electrons. The van der Waals surface area contributed by atoms with Gasteiger partial charge in [-0.1, -0.05) is 17.2 Å². The molecule has 0 unspecified atom stereocenters. The Balaban J connectivity index is 2.38. The van der Waals surface area contributed by atoms with Gasteiger partial charge < -0.3 is 9.67 Å². The average Bonchev–Trinajstić information content (AvgIpc) is 2.70. The molecule has 2 heterocycles. The molecule has 1 aliphatic rings. The number of carboxylic acids is 1. The summed E-state index contributed by atoms with van der Waals surface area (Å²) in [7, 11) is 1.57. The molecule has 2 amide bonds. The molecule has 6 nitrogen and oxygen atoms in total. The van der Waals surface area contributed by atoms with E-state index in [4.69, 9.17) is 11.6 Å². The molecule has 0 bridgehead atoms. The van der Waals surface area contributed by atoms with Crippen LogP contribution in [0, 0.1) is 0 Å². The van der Waals surface area contributed by atoms with Crippen LogP contribution in [0.25, 0.3) is 10.9 Å². The third kappa shape index (κ3) is 2.31. The molecule has 0 spiro atoms. The van der Waals surface area contributed by atoms with Gasteiger partial charge in [-0.2, -0.15) is 0 Å². The number of hydrogen-bond donors (Lipinski definition) is 1. The van der Waals surface area contributed by atoms with Gasteiger partial charge in [0.1, 0.15) is 0 Å². The van der Waals surface area contributed by atoms with Gasteiger partial charge in [-0.05, 0) is 25.1 Å². The number of aromatic nitrogens is 1. The van der Waals surface area contributed by atoms with Crippen LogP contribution in [0.2, 0.25) is 5.02 Å². The highest BCUT2D eigenvalue weighted by Gasteiger charge is 2.34. The summed E-state index contributed by atoms with van der Waals surface area (Å²) in [6, 6.07) is 4.85. The minimum absolute atomic E-state index is 0.0660. The summed E-state index contributed by atoms with van der Waals surface area (Å²) >= 11 is 6.01. The number of fused-ring (bicyclic) bond motifs is 1. The molecule has 7 heteroatoms. The van der Waals surface area contributed by atoms with Crippen molar-refractivity contribution in [1.29, 1.82) is 0 Å². The zero-order valence-corrected chi connectivity index (χ0v) is 13.2. The van der Waals surface area contributed by atoms with Crippen LogP contribution in [-0.4, -0.2) is 27.5 Å². The van der Waals surface area contributed by atoms with Crippen molar-refractivity contribution in [2.24, 2.45) is 7.05 Å². The zero-order chi connectivity index (χ0) is 16.9. The summed E-state index contributed by atoms with van der Waals surface area (Å²) in [4.78, 5) is 37.3. The van der Waals surface area contributed by atoms with Gasteiger partial charge in [-0.15, -0.1) is 0 Å². The van der Waals surface area contributed by atoms with Gasteiger partial charge >= 0.3 is 5.97 Å². The first-order valence-corrected chi connectivity index (χ1v) is 7.24. The number of rotatable bonds is 2. The lowest BCUT2D eigenvalue weighted by molar-refractivity contribution is -0.124. The molecule has 1 aliphatic heterocycles. The third-order valence-electron chi connectivity index (χ3n) is 3.83. The summed E-state index contributed by atoms with van der Waals surface area (Å²) in [5, 5.41) is 10.4. The number of aromatic carboxylic acids is 1. The molecule has 0 aliphatic carbocycles. The Labute approximate surface area is 136 Å². The average molecular weight is 333 g/mol. The van der Waals surface area contributed by atoms with E-state index in [1.165, 1.54) is 10.6 Å². The highest BCUT2D eigenvalue weighted by Crippen LogP contribution is 2.37. The van der Waals surface area contributed by atoms with Crippen molar-refractivity contribution in [2.45, 2.75) is 13.3 Å². The molecule has 23 heavy (non-hydrogen) atoms. The van der Waals surface area contributed by atoms with Crippen molar-refractivity contribution in [3.63, 3.8) is 0 Å². The summed E-state index contributed by atoms with van der Waals surface area (Å²) in [5.74, 6) is -2.22. The van der Waals surface area contributed by atoms with E-state index in [1.807, 2.05) is 0 Å². The predicted molar refractivity (Wildman–Crippen MR) is 85.8 cm³/mol. The fraction of sp³-hybridized carbons (Fsp3) is 0.188. The van der Waals surface area contributed by atoms with E-state index in [-0.39, 0.29) is 17.8 Å². The van der Waals surface area contributed by atoms with Crippen LogP contribution in [0.3, 0.4) is 0 Å². The topological polar surface area (TPSA) is 79.6 Å². The van der Waals surface area contributed by atoms with E-state index in [1.54, 1.807) is 32.2 Å². The maximum absolute atomic E-state index is 12.4. The van der Waals surface area contributed by atoms with Gasteiger partial charge in [-0.3, -0.25) is 9.59 Å². The van der Waals surface area contributed by atoms with E-state index < -0.39 is 17.8 Å². The maximum atomic E-state index is 12.4. The minimum Gasteiger partial charge on any atom is -0.477 e. The Morgan fingerprint density at radius 1 is 1.30 bits per heavy atom. The molecular formula is C16H13ClN2O4. The quantitative estimate of drug-likeness (QED) is 0.857. The van der Waals surface area contributed by atoms with Crippen LogP contribution >= 0.6 is 11.6 Å². The van der Waals surface area contributed by atoms with Crippen molar-refractivity contribution in [2.75, 3.05) is 4.90 Å². The lowest BCUT2D eigenvalue weighted by Gasteiger charge is -2.24. The second kappa shape index (κ2) is 5.24. The van der Waals surface area contributed by atoms with E-state index >= 15 is 0 Å². The van der Waals surface area contributed by atoms with Gasteiger partial charge in [-0.25, -0.2) is 9.69 Å². The normalized spacial score (nSPS) is 15.3. The number of amides is 2. The van der Waals surface area contributed by atoms with Crippen molar-refractivity contribution in [3.8, 4) is 0 Å². The first kappa shape index (κ1) is 15.3. The summed E-state index contributed by atoms with van der Waals surface area (Å²) in [6.45, 7) is 1.69. The van der Waals surface area contributed by atoms with Crippen LogP contribution in [0.4, 0.5) is 5.69 Å². The number of anilines is 1. The number of imide groups is 1. The second-order valence-electron chi connectivity index (χ2n) is 5.46. The largest absolute Gasteiger partial charge is 0.477 e. The molecule has 1 aromatic carbocycles. The van der Waals surface area contributed by atoms with Crippen LogP contribution in [-0.2, 0) is 16.6 Å².